The largest absolute Gasteiger partial charge is 0.855 e. The van der Waals surface area contributed by atoms with E-state index in [0.29, 0.717) is 0 Å². The molecule has 0 saturated heterocycles. The van der Waals surface area contributed by atoms with E-state index in [2.05, 4.69) is 8.58 Å². The Labute approximate surface area is 174 Å². The molecular weight excluding hydrogens is 439 g/mol. The fraction of sp³-hybridized carbons (Fsp3) is 0.0500. The van der Waals surface area contributed by atoms with Gasteiger partial charge in [-0.15, -0.1) is 4.40 Å². The van der Waals surface area contributed by atoms with Crippen LogP contribution in [0.15, 0.2) is 104 Å². The van der Waals surface area contributed by atoms with Crippen LogP contribution in [-0.4, -0.2) is 20.5 Å². The van der Waals surface area contributed by atoms with Gasteiger partial charge in [0.25, 0.3) is 0 Å². The van der Waals surface area contributed by atoms with Crippen LogP contribution >= 0.6 is 0 Å². The highest BCUT2D eigenvalue weighted by Crippen LogP contribution is 2.32. The van der Waals surface area contributed by atoms with Gasteiger partial charge >= 0.3 is 16.5 Å². The second-order valence-corrected chi connectivity index (χ2v) is 9.04. The lowest BCUT2D eigenvalue weighted by Gasteiger charge is -2.13. The summed E-state index contributed by atoms with van der Waals surface area (Å²) in [6.45, 7) is 0. The van der Waals surface area contributed by atoms with Crippen molar-refractivity contribution in [1.82, 2.24) is 0 Å². The highest BCUT2D eigenvalue weighted by atomic mass is 32.2. The summed E-state index contributed by atoms with van der Waals surface area (Å²) < 4.78 is 66.5. The molecule has 0 heterocycles. The van der Waals surface area contributed by atoms with Gasteiger partial charge in [-0.25, -0.2) is 0 Å². The molecule has 3 aromatic rings. The lowest BCUT2D eigenvalue weighted by atomic mass is 10.3. The van der Waals surface area contributed by atoms with Crippen LogP contribution in [0.4, 0.5) is 13.2 Å². The predicted octanol–water partition coefficient (Wildman–Crippen LogP) is 3.73. The second kappa shape index (κ2) is 8.80. The maximum atomic E-state index is 12.2. The summed E-state index contributed by atoms with van der Waals surface area (Å²) in [4.78, 5) is 2.88. The Hall–Kier alpha value is -2.98. The number of halogens is 3. The Balaban J connectivity index is 1.90. The molecule has 0 spiro atoms. The first-order valence-electron chi connectivity index (χ1n) is 8.39. The molecule has 0 atom stereocenters. The van der Waals surface area contributed by atoms with Gasteiger partial charge in [-0.1, -0.05) is 36.4 Å². The molecule has 156 valence electrons. The number of nitrogens with zero attached hydrogens (tertiary/aromatic N) is 1. The summed E-state index contributed by atoms with van der Waals surface area (Å²) in [6.07, 6.45) is -5.40. The third-order valence-corrected chi connectivity index (χ3v) is 6.68. The molecule has 5 nitrogen and oxygen atoms in total. The number of hydrogen-bond donors (Lipinski definition) is 0. The monoisotopic (exact) mass is 453 g/mol. The van der Waals surface area contributed by atoms with Gasteiger partial charge in [0.05, 0.1) is 16.8 Å². The second-order valence-electron chi connectivity index (χ2n) is 5.81. The summed E-state index contributed by atoms with van der Waals surface area (Å²) >= 11 is 0. The normalized spacial score (nSPS) is 12.7. The van der Waals surface area contributed by atoms with Crippen molar-refractivity contribution in [2.75, 3.05) is 0 Å². The molecule has 0 aliphatic heterocycles. The minimum atomic E-state index is -5.40. The molecule has 0 unspecified atom stereocenters. The lowest BCUT2D eigenvalue weighted by molar-refractivity contribution is -0.262. The maximum absolute atomic E-state index is 12.2. The minimum Gasteiger partial charge on any atom is -0.855 e. The molecule has 0 aliphatic carbocycles. The van der Waals surface area contributed by atoms with Crippen LogP contribution in [0.5, 0.6) is 5.75 Å². The molecule has 30 heavy (non-hydrogen) atoms. The standard InChI is InChI=1S/C20H14F3NO4S2/c21-20(22,23)19(25)24-30(26,27)28-15-11-13-18(14-12-15)29(16-7-3-1-4-8-16)17-9-5-2-6-10-17/h1-14H. The molecule has 0 aromatic heterocycles. The number of alkyl halides is 3. The molecule has 10 heteroatoms. The van der Waals surface area contributed by atoms with Crippen molar-refractivity contribution in [3.8, 4) is 5.75 Å². The minimum absolute atomic E-state index is 0.262. The SMILES string of the molecule is O=S(=O)(N=C([O-])C(F)(F)F)Oc1ccc([S+](c2ccccc2)c2ccccc2)cc1. The quantitative estimate of drug-likeness (QED) is 0.324. The van der Waals surface area contributed by atoms with E-state index in [9.17, 15) is 26.7 Å². The lowest BCUT2D eigenvalue weighted by Crippen LogP contribution is -2.36. The first kappa shape index (κ1) is 21.7. The molecule has 0 amide bonds. The van der Waals surface area contributed by atoms with Gasteiger partial charge in [-0.2, -0.15) is 21.6 Å². The first-order chi connectivity index (χ1) is 14.2. The Morgan fingerprint density at radius 1 is 0.800 bits per heavy atom. The van der Waals surface area contributed by atoms with Crippen LogP contribution in [-0.2, 0) is 21.2 Å². The average molecular weight is 453 g/mol. The van der Waals surface area contributed by atoms with E-state index >= 15 is 0 Å². The molecular formula is C20H14F3NO4S2. The van der Waals surface area contributed by atoms with E-state index < -0.39 is 33.3 Å². The maximum Gasteiger partial charge on any atom is 0.427 e. The Morgan fingerprint density at radius 3 is 1.67 bits per heavy atom. The molecule has 0 N–H and O–H groups in total. The zero-order valence-corrected chi connectivity index (χ0v) is 16.7. The van der Waals surface area contributed by atoms with Gasteiger partial charge < -0.3 is 9.29 Å². The third kappa shape index (κ3) is 5.55. The van der Waals surface area contributed by atoms with Crippen molar-refractivity contribution in [1.29, 1.82) is 0 Å². The van der Waals surface area contributed by atoms with E-state index in [1.807, 2.05) is 60.7 Å². The zero-order chi connectivity index (χ0) is 21.8. The van der Waals surface area contributed by atoms with Gasteiger partial charge in [0.1, 0.15) is 5.75 Å². The summed E-state index contributed by atoms with van der Waals surface area (Å²) in [5, 5.41) is 10.8. The van der Waals surface area contributed by atoms with Crippen LogP contribution in [0, 0.1) is 0 Å². The molecule has 3 aromatic carbocycles. The van der Waals surface area contributed by atoms with Crippen molar-refractivity contribution in [3.05, 3.63) is 84.9 Å². The summed E-state index contributed by atoms with van der Waals surface area (Å²) in [5.41, 5.74) is 0. The molecule has 0 bridgehead atoms. The van der Waals surface area contributed by atoms with Crippen LogP contribution in [0.25, 0.3) is 0 Å². The fourth-order valence-corrected chi connectivity index (χ4v) is 5.23. The van der Waals surface area contributed by atoms with Gasteiger partial charge in [0.2, 0.25) is 0 Å². The number of rotatable bonds is 6. The van der Waals surface area contributed by atoms with E-state index in [1.165, 1.54) is 12.1 Å². The Kier molecular flexibility index (Phi) is 6.37. The van der Waals surface area contributed by atoms with E-state index in [4.69, 9.17) is 0 Å². The molecule has 0 fully saturated rings. The highest BCUT2D eigenvalue weighted by Gasteiger charge is 2.31. The average Bonchev–Trinajstić information content (AvgIpc) is 2.70. The summed E-state index contributed by atoms with van der Waals surface area (Å²) in [6, 6.07) is 25.1. The number of benzene rings is 3. The molecule has 0 radical (unpaired) electrons. The highest BCUT2D eigenvalue weighted by molar-refractivity contribution is 7.97. The van der Waals surface area contributed by atoms with E-state index in [1.54, 1.807) is 12.1 Å². The van der Waals surface area contributed by atoms with Crippen LogP contribution in [0.2, 0.25) is 0 Å². The molecule has 0 aliphatic rings. The predicted molar refractivity (Wildman–Crippen MR) is 105 cm³/mol. The van der Waals surface area contributed by atoms with Crippen LogP contribution in [0.1, 0.15) is 0 Å². The van der Waals surface area contributed by atoms with Crippen LogP contribution in [0.3, 0.4) is 0 Å². The van der Waals surface area contributed by atoms with Crippen molar-refractivity contribution < 1.29 is 30.9 Å². The van der Waals surface area contributed by atoms with Crippen molar-refractivity contribution in [3.63, 3.8) is 0 Å². The van der Waals surface area contributed by atoms with Gasteiger partial charge in [-0.3, -0.25) is 0 Å². The van der Waals surface area contributed by atoms with Crippen molar-refractivity contribution >= 4 is 27.1 Å². The smallest absolute Gasteiger partial charge is 0.427 e. The summed E-state index contributed by atoms with van der Waals surface area (Å²) in [5.74, 6) is -3.02. The fourth-order valence-electron chi connectivity index (χ4n) is 2.45. The zero-order valence-electron chi connectivity index (χ0n) is 15.1. The van der Waals surface area contributed by atoms with Crippen LogP contribution < -0.4 is 9.29 Å². The van der Waals surface area contributed by atoms with Crippen molar-refractivity contribution in [2.45, 2.75) is 20.9 Å². The van der Waals surface area contributed by atoms with E-state index in [0.717, 1.165) is 14.7 Å². The third-order valence-electron chi connectivity index (χ3n) is 3.66. The topological polar surface area (TPSA) is 78.8 Å². The first-order valence-corrected chi connectivity index (χ1v) is 11.0. The number of hydrogen-bond acceptors (Lipinski definition) is 4. The van der Waals surface area contributed by atoms with Gasteiger partial charge in [0.15, 0.2) is 14.7 Å². The van der Waals surface area contributed by atoms with E-state index in [-0.39, 0.29) is 5.75 Å². The van der Waals surface area contributed by atoms with Gasteiger partial charge in [0, 0.05) is 0 Å². The Bertz CT molecular complexity index is 1080. The Morgan fingerprint density at radius 2 is 1.23 bits per heavy atom. The molecule has 3 rings (SSSR count). The van der Waals surface area contributed by atoms with Gasteiger partial charge in [-0.05, 0) is 48.5 Å². The molecule has 0 saturated carbocycles. The van der Waals surface area contributed by atoms with Crippen molar-refractivity contribution in [2.24, 2.45) is 4.40 Å². The summed E-state index contributed by atoms with van der Waals surface area (Å²) in [7, 11) is -5.59.